The van der Waals surface area contributed by atoms with Crippen molar-refractivity contribution in [2.45, 2.75) is 45.8 Å². The fourth-order valence-electron chi connectivity index (χ4n) is 3.59. The van der Waals surface area contributed by atoms with E-state index in [1.54, 1.807) is 24.3 Å². The molecule has 1 fully saturated rings. The van der Waals surface area contributed by atoms with Gasteiger partial charge in [0.1, 0.15) is 12.4 Å². The van der Waals surface area contributed by atoms with E-state index in [0.29, 0.717) is 46.8 Å². The Kier molecular flexibility index (Phi) is 8.22. The van der Waals surface area contributed by atoms with Crippen LogP contribution in [-0.2, 0) is 11.4 Å². The summed E-state index contributed by atoms with van der Waals surface area (Å²) < 4.78 is 5.90. The van der Waals surface area contributed by atoms with Gasteiger partial charge in [0, 0.05) is 41.2 Å². The molecule has 1 N–H and O–H groups in total. The first-order valence-corrected chi connectivity index (χ1v) is 11.3. The molecule has 0 aliphatic carbocycles. The quantitative estimate of drug-likeness (QED) is 0.603. The van der Waals surface area contributed by atoms with E-state index in [2.05, 4.69) is 5.32 Å². The minimum absolute atomic E-state index is 0.0364. The van der Waals surface area contributed by atoms with Crippen molar-refractivity contribution in [3.8, 4) is 5.75 Å². The van der Waals surface area contributed by atoms with Gasteiger partial charge in [0.05, 0.1) is 5.56 Å². The van der Waals surface area contributed by atoms with Gasteiger partial charge >= 0.3 is 0 Å². The third kappa shape index (κ3) is 6.62. The Bertz CT molecular complexity index is 925. The zero-order chi connectivity index (χ0) is 22.4. The molecule has 166 valence electrons. The van der Waals surface area contributed by atoms with Gasteiger partial charge in [-0.25, -0.2) is 0 Å². The van der Waals surface area contributed by atoms with Crippen molar-refractivity contribution in [1.82, 2.24) is 10.2 Å². The van der Waals surface area contributed by atoms with Crippen LogP contribution in [0.1, 0.15) is 49.0 Å². The maximum atomic E-state index is 12.9. The lowest BCUT2D eigenvalue weighted by Gasteiger charge is -2.33. The van der Waals surface area contributed by atoms with Crippen LogP contribution in [0.5, 0.6) is 5.75 Å². The van der Waals surface area contributed by atoms with E-state index in [9.17, 15) is 9.59 Å². The van der Waals surface area contributed by atoms with Gasteiger partial charge in [0.2, 0.25) is 5.91 Å². The third-order valence-corrected chi connectivity index (χ3v) is 5.88. The first kappa shape index (κ1) is 23.4. The molecule has 2 aromatic rings. The predicted molar refractivity (Wildman–Crippen MR) is 124 cm³/mol. The summed E-state index contributed by atoms with van der Waals surface area (Å²) in [4.78, 5) is 27.0. The van der Waals surface area contributed by atoms with Gasteiger partial charge in [0.25, 0.3) is 5.91 Å². The Morgan fingerprint density at radius 3 is 2.52 bits per heavy atom. The predicted octanol–water partition coefficient (Wildman–Crippen LogP) is 5.34. The Morgan fingerprint density at radius 2 is 1.84 bits per heavy atom. The van der Waals surface area contributed by atoms with Crippen molar-refractivity contribution >= 4 is 35.0 Å². The average molecular weight is 463 g/mol. The number of rotatable bonds is 7. The van der Waals surface area contributed by atoms with Crippen molar-refractivity contribution < 1.29 is 14.3 Å². The molecule has 1 aliphatic heterocycles. The zero-order valence-electron chi connectivity index (χ0n) is 17.9. The molecule has 2 aromatic carbocycles. The number of carbonyl (C=O) groups excluding carboxylic acids is 2. The number of piperidine rings is 1. The smallest absolute Gasteiger partial charge is 0.255 e. The van der Waals surface area contributed by atoms with Gasteiger partial charge in [-0.3, -0.25) is 9.59 Å². The topological polar surface area (TPSA) is 58.6 Å². The van der Waals surface area contributed by atoms with Crippen molar-refractivity contribution in [2.75, 3.05) is 13.1 Å². The molecule has 1 saturated heterocycles. The van der Waals surface area contributed by atoms with Gasteiger partial charge in [0.15, 0.2) is 0 Å². The second-order valence-corrected chi connectivity index (χ2v) is 9.09. The van der Waals surface area contributed by atoms with Gasteiger partial charge in [-0.05, 0) is 43.0 Å². The van der Waals surface area contributed by atoms with Crippen LogP contribution < -0.4 is 10.1 Å². The van der Waals surface area contributed by atoms with Crippen molar-refractivity contribution in [3.63, 3.8) is 0 Å². The highest BCUT2D eigenvalue weighted by Gasteiger charge is 2.25. The number of hydrogen-bond donors (Lipinski definition) is 1. The number of amides is 2. The number of carbonyl (C=O) groups is 2. The Labute approximate surface area is 193 Å². The van der Waals surface area contributed by atoms with Crippen molar-refractivity contribution in [2.24, 2.45) is 5.92 Å². The van der Waals surface area contributed by atoms with Crippen LogP contribution in [0.3, 0.4) is 0 Å². The molecule has 31 heavy (non-hydrogen) atoms. The average Bonchev–Trinajstić information content (AvgIpc) is 2.73. The van der Waals surface area contributed by atoms with Gasteiger partial charge in [-0.1, -0.05) is 55.2 Å². The molecule has 2 amide bonds. The highest BCUT2D eigenvalue weighted by molar-refractivity contribution is 6.35. The third-order valence-electron chi connectivity index (χ3n) is 5.30. The van der Waals surface area contributed by atoms with Crippen LogP contribution >= 0.6 is 23.2 Å². The number of nitrogens with zero attached hydrogens (tertiary/aromatic N) is 1. The lowest BCUT2D eigenvalue weighted by molar-refractivity contribution is -0.133. The number of para-hydroxylation sites is 1. The highest BCUT2D eigenvalue weighted by Crippen LogP contribution is 2.25. The number of nitrogens with one attached hydrogen (secondary N) is 1. The van der Waals surface area contributed by atoms with E-state index >= 15 is 0 Å². The van der Waals surface area contributed by atoms with Gasteiger partial charge < -0.3 is 15.0 Å². The summed E-state index contributed by atoms with van der Waals surface area (Å²) in [6.07, 6.45) is 2.07. The summed E-state index contributed by atoms with van der Waals surface area (Å²) in [6, 6.07) is 12.4. The van der Waals surface area contributed by atoms with Gasteiger partial charge in [-0.15, -0.1) is 0 Å². The van der Waals surface area contributed by atoms with Crippen molar-refractivity contribution in [1.29, 1.82) is 0 Å². The molecule has 0 radical (unpaired) electrons. The fraction of sp³-hybridized carbons (Fsp3) is 0.417. The number of likely N-dealkylation sites (tertiary alicyclic amines) is 1. The Morgan fingerprint density at radius 1 is 1.13 bits per heavy atom. The van der Waals surface area contributed by atoms with Crippen LogP contribution in [0.4, 0.5) is 0 Å². The van der Waals surface area contributed by atoms with Crippen LogP contribution in [0.15, 0.2) is 42.5 Å². The molecule has 5 nitrogen and oxygen atoms in total. The molecule has 0 unspecified atom stereocenters. The van der Waals surface area contributed by atoms with E-state index in [4.69, 9.17) is 27.9 Å². The standard InChI is InChI=1S/C24H28Cl2N2O3/c1-16(2)13-23(29)28-11-9-19(10-12-28)27-24(30)20-5-3-4-6-22(20)31-15-17-7-8-18(25)14-21(17)26/h3-8,14,16,19H,9-13,15H2,1-2H3,(H,27,30). The highest BCUT2D eigenvalue weighted by atomic mass is 35.5. The van der Waals surface area contributed by atoms with E-state index in [1.165, 1.54) is 0 Å². The zero-order valence-corrected chi connectivity index (χ0v) is 19.4. The number of hydrogen-bond acceptors (Lipinski definition) is 3. The number of benzene rings is 2. The summed E-state index contributed by atoms with van der Waals surface area (Å²) in [6.45, 7) is 5.67. The summed E-state index contributed by atoms with van der Waals surface area (Å²) in [5.74, 6) is 0.865. The first-order valence-electron chi connectivity index (χ1n) is 10.6. The van der Waals surface area contributed by atoms with Crippen LogP contribution in [-0.4, -0.2) is 35.8 Å². The first-order chi connectivity index (χ1) is 14.8. The van der Waals surface area contributed by atoms with Crippen molar-refractivity contribution in [3.05, 3.63) is 63.6 Å². The SMILES string of the molecule is CC(C)CC(=O)N1CCC(NC(=O)c2ccccc2OCc2ccc(Cl)cc2Cl)CC1. The van der Waals surface area contributed by atoms with E-state index in [-0.39, 0.29) is 24.5 Å². The van der Waals surface area contributed by atoms with Crippen LogP contribution in [0.2, 0.25) is 10.0 Å². The normalized spacial score (nSPS) is 14.5. The molecule has 0 atom stereocenters. The van der Waals surface area contributed by atoms with E-state index in [0.717, 1.165) is 18.4 Å². The molecule has 3 rings (SSSR count). The molecular formula is C24H28Cl2N2O3. The van der Waals surface area contributed by atoms with Crippen LogP contribution in [0.25, 0.3) is 0 Å². The van der Waals surface area contributed by atoms with Gasteiger partial charge in [-0.2, -0.15) is 0 Å². The van der Waals surface area contributed by atoms with E-state index < -0.39 is 0 Å². The molecule has 1 aliphatic rings. The summed E-state index contributed by atoms with van der Waals surface area (Å²) in [7, 11) is 0. The second-order valence-electron chi connectivity index (χ2n) is 8.25. The molecular weight excluding hydrogens is 435 g/mol. The summed E-state index contributed by atoms with van der Waals surface area (Å²) in [5.41, 5.74) is 1.27. The largest absolute Gasteiger partial charge is 0.488 e. The fourth-order valence-corrected chi connectivity index (χ4v) is 4.05. The maximum Gasteiger partial charge on any atom is 0.255 e. The minimum Gasteiger partial charge on any atom is -0.488 e. The lowest BCUT2D eigenvalue weighted by atomic mass is 10.0. The summed E-state index contributed by atoms with van der Waals surface area (Å²) in [5, 5.41) is 4.17. The molecule has 0 saturated carbocycles. The Balaban J connectivity index is 1.57. The summed E-state index contributed by atoms with van der Waals surface area (Å²) >= 11 is 12.2. The van der Waals surface area contributed by atoms with Crippen LogP contribution in [0, 0.1) is 5.92 Å². The molecule has 0 aromatic heterocycles. The second kappa shape index (κ2) is 10.9. The number of ether oxygens (including phenoxy) is 1. The lowest BCUT2D eigenvalue weighted by Crippen LogP contribution is -2.46. The maximum absolute atomic E-state index is 12.9. The van der Waals surface area contributed by atoms with E-state index in [1.807, 2.05) is 36.9 Å². The molecule has 1 heterocycles. The minimum atomic E-state index is -0.176. The number of halogens is 2. The molecule has 7 heteroatoms. The Hall–Kier alpha value is -2.24. The monoisotopic (exact) mass is 462 g/mol. The molecule has 0 bridgehead atoms. The molecule has 0 spiro atoms.